The fraction of sp³-hybridized carbons (Fsp3) is 0.259. The van der Waals surface area contributed by atoms with Gasteiger partial charge in [-0.15, -0.1) is 6.58 Å². The van der Waals surface area contributed by atoms with E-state index in [9.17, 15) is 9.59 Å². The van der Waals surface area contributed by atoms with Crippen molar-refractivity contribution in [1.29, 1.82) is 0 Å². The summed E-state index contributed by atoms with van der Waals surface area (Å²) < 4.78 is 2.00. The van der Waals surface area contributed by atoms with Crippen LogP contribution in [0.1, 0.15) is 24.0 Å². The molecule has 0 spiro atoms. The highest BCUT2D eigenvalue weighted by atomic mass is 32.2. The molecule has 2 fully saturated rings. The van der Waals surface area contributed by atoms with E-state index in [-0.39, 0.29) is 11.5 Å². The number of aromatic nitrogens is 2. The maximum absolute atomic E-state index is 13.5. The lowest BCUT2D eigenvalue weighted by molar-refractivity contribution is -0.121. The average Bonchev–Trinajstić information content (AvgIpc) is 3.14. The van der Waals surface area contributed by atoms with Crippen molar-refractivity contribution >= 4 is 51.7 Å². The molecule has 4 heterocycles. The number of hydrogen-bond acceptors (Lipinski definition) is 6. The van der Waals surface area contributed by atoms with Gasteiger partial charge in [0.1, 0.15) is 15.8 Å². The summed E-state index contributed by atoms with van der Waals surface area (Å²) in [6, 6.07) is 16.1. The molecule has 2 aromatic heterocycles. The quantitative estimate of drug-likeness (QED) is 0.280. The number of carbonyl (C=O) groups excluding carboxylic acids is 1. The van der Waals surface area contributed by atoms with Gasteiger partial charge in [0.2, 0.25) is 0 Å². The van der Waals surface area contributed by atoms with Crippen molar-refractivity contribution in [2.24, 2.45) is 5.92 Å². The smallest absolute Gasteiger partial charge is 0.267 e. The summed E-state index contributed by atoms with van der Waals surface area (Å²) >= 11 is 6.60. The third-order valence-electron chi connectivity index (χ3n) is 6.49. The Kier molecular flexibility index (Phi) is 6.83. The van der Waals surface area contributed by atoms with Gasteiger partial charge in [-0.1, -0.05) is 66.5 Å². The van der Waals surface area contributed by atoms with E-state index in [2.05, 4.69) is 35.7 Å². The number of nitrogens with zero attached hydrogens (tertiary/aromatic N) is 4. The SMILES string of the molecule is C=CCN1C(=O)/C(=C/c2c(N3CCC(Cc4ccccc4)CC3)nc3ccccn3c2=O)SC1=S. The van der Waals surface area contributed by atoms with Crippen molar-refractivity contribution in [1.82, 2.24) is 14.3 Å². The first-order chi connectivity index (χ1) is 17.0. The molecule has 2 aliphatic heterocycles. The zero-order chi connectivity index (χ0) is 24.4. The lowest BCUT2D eigenvalue weighted by Gasteiger charge is -2.33. The van der Waals surface area contributed by atoms with Crippen LogP contribution in [0.2, 0.25) is 0 Å². The van der Waals surface area contributed by atoms with E-state index >= 15 is 0 Å². The minimum Gasteiger partial charge on any atom is -0.356 e. The first-order valence-electron chi connectivity index (χ1n) is 11.7. The molecule has 0 N–H and O–H groups in total. The molecule has 8 heteroatoms. The number of pyridine rings is 1. The molecular weight excluding hydrogens is 476 g/mol. The van der Waals surface area contributed by atoms with Crippen LogP contribution in [0.4, 0.5) is 5.82 Å². The summed E-state index contributed by atoms with van der Waals surface area (Å²) in [7, 11) is 0. The number of rotatable bonds is 6. The summed E-state index contributed by atoms with van der Waals surface area (Å²) in [6.07, 6.45) is 8.12. The highest BCUT2D eigenvalue weighted by Gasteiger charge is 2.32. The molecule has 2 saturated heterocycles. The lowest BCUT2D eigenvalue weighted by Crippen LogP contribution is -2.37. The molecule has 2 aliphatic rings. The second-order valence-corrected chi connectivity index (χ2v) is 10.5. The van der Waals surface area contributed by atoms with Crippen molar-refractivity contribution in [3.05, 3.63) is 93.8 Å². The predicted molar refractivity (Wildman–Crippen MR) is 147 cm³/mol. The zero-order valence-electron chi connectivity index (χ0n) is 19.3. The van der Waals surface area contributed by atoms with Gasteiger partial charge >= 0.3 is 0 Å². The van der Waals surface area contributed by atoms with Gasteiger partial charge in [0, 0.05) is 25.8 Å². The van der Waals surface area contributed by atoms with Gasteiger partial charge in [-0.25, -0.2) is 4.98 Å². The number of thioether (sulfide) groups is 1. The molecule has 35 heavy (non-hydrogen) atoms. The van der Waals surface area contributed by atoms with Crippen LogP contribution in [0, 0.1) is 5.92 Å². The first-order valence-corrected chi connectivity index (χ1v) is 12.9. The largest absolute Gasteiger partial charge is 0.356 e. The standard InChI is InChI=1S/C27H26N4O2S2/c1-2-13-31-26(33)22(35-27(31)34)18-21-24(28-23-10-6-7-14-30(23)25(21)32)29-15-11-20(12-16-29)17-19-8-4-3-5-9-19/h2-10,14,18,20H,1,11-13,15-17H2/b22-18-. The molecule has 0 saturated carbocycles. The number of piperidine rings is 1. The second-order valence-electron chi connectivity index (χ2n) is 8.78. The van der Waals surface area contributed by atoms with Gasteiger partial charge < -0.3 is 4.90 Å². The van der Waals surface area contributed by atoms with Crippen LogP contribution >= 0.6 is 24.0 Å². The fourth-order valence-electron chi connectivity index (χ4n) is 4.67. The van der Waals surface area contributed by atoms with Gasteiger partial charge in [-0.2, -0.15) is 0 Å². The highest BCUT2D eigenvalue weighted by Crippen LogP contribution is 2.34. The Morgan fingerprint density at radius 2 is 1.83 bits per heavy atom. The number of thiocarbonyl (C=S) groups is 1. The average molecular weight is 503 g/mol. The minimum atomic E-state index is -0.204. The molecular formula is C27H26N4O2S2. The van der Waals surface area contributed by atoms with E-state index in [1.165, 1.54) is 26.6 Å². The van der Waals surface area contributed by atoms with Gasteiger partial charge in [-0.05, 0) is 49.0 Å². The van der Waals surface area contributed by atoms with E-state index in [1.54, 1.807) is 24.4 Å². The van der Waals surface area contributed by atoms with E-state index < -0.39 is 0 Å². The van der Waals surface area contributed by atoms with E-state index in [4.69, 9.17) is 17.2 Å². The summed E-state index contributed by atoms with van der Waals surface area (Å²) in [5.41, 5.74) is 2.19. The van der Waals surface area contributed by atoms with E-state index in [1.807, 2.05) is 18.2 Å². The summed E-state index contributed by atoms with van der Waals surface area (Å²) in [5.74, 6) is 1.02. The van der Waals surface area contributed by atoms with Crippen molar-refractivity contribution in [2.45, 2.75) is 19.3 Å². The van der Waals surface area contributed by atoms with Crippen LogP contribution in [0.25, 0.3) is 11.7 Å². The molecule has 0 atom stereocenters. The predicted octanol–water partition coefficient (Wildman–Crippen LogP) is 4.54. The van der Waals surface area contributed by atoms with Crippen molar-refractivity contribution in [3.63, 3.8) is 0 Å². The van der Waals surface area contributed by atoms with E-state index in [0.29, 0.717) is 38.7 Å². The summed E-state index contributed by atoms with van der Waals surface area (Å²) in [4.78, 5) is 35.5. The highest BCUT2D eigenvalue weighted by molar-refractivity contribution is 8.26. The number of fused-ring (bicyclic) bond motifs is 1. The number of carbonyl (C=O) groups is 1. The molecule has 0 unspecified atom stereocenters. The number of amides is 1. The zero-order valence-corrected chi connectivity index (χ0v) is 20.9. The molecule has 0 bridgehead atoms. The monoisotopic (exact) mass is 502 g/mol. The van der Waals surface area contributed by atoms with Crippen molar-refractivity contribution in [2.75, 3.05) is 24.5 Å². The molecule has 0 radical (unpaired) electrons. The second kappa shape index (κ2) is 10.2. The Balaban J connectivity index is 1.47. The van der Waals surface area contributed by atoms with Gasteiger partial charge in [0.15, 0.2) is 0 Å². The fourth-order valence-corrected chi connectivity index (χ4v) is 5.93. The van der Waals surface area contributed by atoms with Crippen LogP contribution in [0.5, 0.6) is 0 Å². The molecule has 0 aliphatic carbocycles. The Morgan fingerprint density at radius 3 is 2.57 bits per heavy atom. The Labute approximate surface area is 214 Å². The van der Waals surface area contributed by atoms with Crippen LogP contribution in [0.3, 0.4) is 0 Å². The number of anilines is 1. The van der Waals surface area contributed by atoms with Crippen LogP contribution < -0.4 is 10.5 Å². The van der Waals surface area contributed by atoms with Crippen LogP contribution in [0.15, 0.2) is 77.1 Å². The molecule has 1 amide bonds. The topological polar surface area (TPSA) is 57.9 Å². The Morgan fingerprint density at radius 1 is 1.09 bits per heavy atom. The van der Waals surface area contributed by atoms with Gasteiger partial charge in [0.05, 0.1) is 10.5 Å². The molecule has 178 valence electrons. The van der Waals surface area contributed by atoms with Crippen molar-refractivity contribution < 1.29 is 4.79 Å². The van der Waals surface area contributed by atoms with Gasteiger partial charge in [-0.3, -0.25) is 18.9 Å². The normalized spacial score (nSPS) is 18.1. The number of hydrogen-bond donors (Lipinski definition) is 0. The molecule has 5 rings (SSSR count). The van der Waals surface area contributed by atoms with Crippen LogP contribution in [-0.2, 0) is 11.2 Å². The maximum atomic E-state index is 13.5. The maximum Gasteiger partial charge on any atom is 0.267 e. The minimum absolute atomic E-state index is 0.189. The van der Waals surface area contributed by atoms with E-state index in [0.717, 1.165) is 32.4 Å². The molecule has 3 aromatic rings. The lowest BCUT2D eigenvalue weighted by atomic mass is 9.90. The molecule has 6 nitrogen and oxygen atoms in total. The third kappa shape index (κ3) is 4.81. The number of benzene rings is 1. The summed E-state index contributed by atoms with van der Waals surface area (Å²) in [6.45, 7) is 5.67. The third-order valence-corrected chi connectivity index (χ3v) is 7.87. The van der Waals surface area contributed by atoms with Crippen molar-refractivity contribution in [3.8, 4) is 0 Å². The molecule has 1 aromatic carbocycles. The van der Waals surface area contributed by atoms with Gasteiger partial charge in [0.25, 0.3) is 11.5 Å². The van der Waals surface area contributed by atoms with Crippen LogP contribution in [-0.4, -0.2) is 44.1 Å². The first kappa shape index (κ1) is 23.5. The summed E-state index contributed by atoms with van der Waals surface area (Å²) in [5, 5.41) is 0. The Hall–Kier alpha value is -3.23. The Bertz CT molecular complexity index is 1370.